The van der Waals surface area contributed by atoms with Gasteiger partial charge < -0.3 is 14.5 Å². The van der Waals surface area contributed by atoms with E-state index in [1.54, 1.807) is 37.1 Å². The van der Waals surface area contributed by atoms with Crippen LogP contribution < -0.4 is 15.0 Å². The van der Waals surface area contributed by atoms with Crippen LogP contribution in [0.2, 0.25) is 0 Å². The number of pyridine rings is 1. The number of benzene rings is 2. The second-order valence-corrected chi connectivity index (χ2v) is 9.29. The molecular formula is C26H29FN6O3. The molecule has 5 rings (SSSR count). The van der Waals surface area contributed by atoms with Crippen molar-refractivity contribution in [3.63, 3.8) is 0 Å². The Morgan fingerprint density at radius 3 is 2.47 bits per heavy atom. The number of hydrogen-bond donors (Lipinski definition) is 1. The number of fused-ring (bicyclic) bond motifs is 1. The molecule has 1 saturated heterocycles. The van der Waals surface area contributed by atoms with Gasteiger partial charge >= 0.3 is 0 Å². The third-order valence-electron chi connectivity index (χ3n) is 6.90. The number of methoxy groups -OCH3 is 2. The summed E-state index contributed by atoms with van der Waals surface area (Å²) in [6.07, 6.45) is 2.04. The van der Waals surface area contributed by atoms with Gasteiger partial charge in [0.25, 0.3) is 5.56 Å². The Balaban J connectivity index is 1.61. The summed E-state index contributed by atoms with van der Waals surface area (Å²) >= 11 is 0. The lowest BCUT2D eigenvalue weighted by atomic mass is 9.95. The topological polar surface area (TPSA) is 98.2 Å². The lowest BCUT2D eigenvalue weighted by molar-refractivity contribution is 0.149. The van der Waals surface area contributed by atoms with E-state index in [4.69, 9.17) is 9.47 Å². The van der Waals surface area contributed by atoms with Crippen molar-refractivity contribution in [2.75, 3.05) is 27.3 Å². The van der Waals surface area contributed by atoms with E-state index in [-0.39, 0.29) is 11.4 Å². The lowest BCUT2D eigenvalue weighted by Crippen LogP contribution is -2.40. The first-order valence-electron chi connectivity index (χ1n) is 12.0. The monoisotopic (exact) mass is 492 g/mol. The standard InChI is InChI=1S/C26H29FN6O3/c1-16-8-10-32(11-9-16)24(25-29-30-31-33(25)15-17-4-6-19(27)7-5-17)20-12-18-13-22(35-2)23(36-3)14-21(18)28-26(20)34/h4-7,12-14,16,24H,8-11,15H2,1-3H3,(H,28,34)/t24-/m1/s1. The van der Waals surface area contributed by atoms with E-state index in [9.17, 15) is 9.18 Å². The van der Waals surface area contributed by atoms with E-state index in [1.807, 2.05) is 12.1 Å². The van der Waals surface area contributed by atoms with Crippen molar-refractivity contribution in [1.82, 2.24) is 30.1 Å². The summed E-state index contributed by atoms with van der Waals surface area (Å²) in [7, 11) is 3.14. The number of halogens is 1. The number of nitrogens with zero attached hydrogens (tertiary/aromatic N) is 5. The summed E-state index contributed by atoms with van der Waals surface area (Å²) < 4.78 is 26.0. The smallest absolute Gasteiger partial charge is 0.253 e. The molecule has 4 aromatic rings. The molecule has 1 fully saturated rings. The van der Waals surface area contributed by atoms with E-state index in [2.05, 4.69) is 32.3 Å². The molecule has 1 aliphatic rings. The first-order valence-corrected chi connectivity index (χ1v) is 12.0. The highest BCUT2D eigenvalue weighted by molar-refractivity contribution is 5.83. The molecule has 36 heavy (non-hydrogen) atoms. The fourth-order valence-electron chi connectivity index (χ4n) is 4.82. The zero-order valence-electron chi connectivity index (χ0n) is 20.6. The van der Waals surface area contributed by atoms with Crippen LogP contribution in [0.25, 0.3) is 10.9 Å². The van der Waals surface area contributed by atoms with Gasteiger partial charge in [-0.1, -0.05) is 19.1 Å². The molecule has 0 spiro atoms. The highest BCUT2D eigenvalue weighted by Gasteiger charge is 2.32. The minimum atomic E-state index is -0.450. The van der Waals surface area contributed by atoms with Gasteiger partial charge in [-0.15, -0.1) is 5.10 Å². The molecule has 1 atom stereocenters. The summed E-state index contributed by atoms with van der Waals surface area (Å²) in [6, 6.07) is 11.3. The minimum Gasteiger partial charge on any atom is -0.493 e. The highest BCUT2D eigenvalue weighted by atomic mass is 19.1. The summed E-state index contributed by atoms with van der Waals surface area (Å²) in [6.45, 7) is 4.24. The number of tetrazole rings is 1. The number of piperidine rings is 1. The van der Waals surface area contributed by atoms with Gasteiger partial charge in [0.2, 0.25) is 0 Å². The van der Waals surface area contributed by atoms with E-state index >= 15 is 0 Å². The summed E-state index contributed by atoms with van der Waals surface area (Å²) in [5, 5.41) is 13.4. The van der Waals surface area contributed by atoms with Crippen LogP contribution >= 0.6 is 0 Å². The Labute approximate surface area is 207 Å². The van der Waals surface area contributed by atoms with Crippen molar-refractivity contribution >= 4 is 10.9 Å². The highest BCUT2D eigenvalue weighted by Crippen LogP contribution is 2.34. The minimum absolute atomic E-state index is 0.213. The van der Waals surface area contributed by atoms with Crippen LogP contribution in [0, 0.1) is 11.7 Å². The molecule has 2 aromatic heterocycles. The quantitative estimate of drug-likeness (QED) is 0.421. The third-order valence-corrected chi connectivity index (χ3v) is 6.90. The lowest BCUT2D eigenvalue weighted by Gasteiger charge is -2.35. The molecule has 1 N–H and O–H groups in total. The second kappa shape index (κ2) is 10.1. The fraction of sp³-hybridized carbons (Fsp3) is 0.385. The van der Waals surface area contributed by atoms with Gasteiger partial charge in [-0.05, 0) is 72.1 Å². The number of aromatic nitrogens is 5. The largest absolute Gasteiger partial charge is 0.493 e. The maximum absolute atomic E-state index is 13.5. The first-order chi connectivity index (χ1) is 17.5. The Hall–Kier alpha value is -3.79. The first kappa shape index (κ1) is 23.9. The van der Waals surface area contributed by atoms with Crippen molar-refractivity contribution in [2.45, 2.75) is 32.4 Å². The molecule has 10 heteroatoms. The molecule has 188 valence electrons. The molecule has 0 aliphatic carbocycles. The van der Waals surface area contributed by atoms with Gasteiger partial charge in [-0.25, -0.2) is 9.07 Å². The van der Waals surface area contributed by atoms with Crippen LogP contribution in [-0.2, 0) is 6.54 Å². The second-order valence-electron chi connectivity index (χ2n) is 9.29. The summed E-state index contributed by atoms with van der Waals surface area (Å²) in [5.41, 5.74) is 1.85. The van der Waals surface area contributed by atoms with E-state index < -0.39 is 6.04 Å². The molecule has 1 aliphatic heterocycles. The Kier molecular flexibility index (Phi) is 6.69. The number of nitrogens with one attached hydrogen (secondary N) is 1. The van der Waals surface area contributed by atoms with Crippen LogP contribution in [0.4, 0.5) is 4.39 Å². The van der Waals surface area contributed by atoms with Gasteiger partial charge in [-0.3, -0.25) is 9.69 Å². The van der Waals surface area contributed by atoms with Gasteiger partial charge in [0.05, 0.1) is 26.3 Å². The predicted molar refractivity (Wildman–Crippen MR) is 133 cm³/mol. The zero-order valence-corrected chi connectivity index (χ0v) is 20.6. The average Bonchev–Trinajstić information content (AvgIpc) is 3.33. The van der Waals surface area contributed by atoms with Gasteiger partial charge in [-0.2, -0.15) is 0 Å². The Morgan fingerprint density at radius 2 is 1.78 bits per heavy atom. The number of likely N-dealkylation sites (tertiary alicyclic amines) is 1. The number of rotatable bonds is 7. The van der Waals surface area contributed by atoms with Crippen molar-refractivity contribution in [2.24, 2.45) is 5.92 Å². The number of aromatic amines is 1. The third kappa shape index (κ3) is 4.68. The van der Waals surface area contributed by atoms with Crippen LogP contribution in [0.15, 0.2) is 47.3 Å². The number of ether oxygens (including phenoxy) is 2. The summed E-state index contributed by atoms with van der Waals surface area (Å²) in [4.78, 5) is 18.7. The van der Waals surface area contributed by atoms with Crippen molar-refractivity contribution < 1.29 is 13.9 Å². The van der Waals surface area contributed by atoms with Gasteiger partial charge in [0.1, 0.15) is 11.9 Å². The van der Waals surface area contributed by atoms with Crippen LogP contribution in [-0.4, -0.2) is 57.4 Å². The number of hydrogen-bond acceptors (Lipinski definition) is 7. The number of H-pyrrole nitrogens is 1. The average molecular weight is 493 g/mol. The maximum Gasteiger partial charge on any atom is 0.253 e. The SMILES string of the molecule is COc1cc2cc([C@H](c3nnnn3Cc3ccc(F)cc3)N3CCC(C)CC3)c(=O)[nH]c2cc1OC. The summed E-state index contributed by atoms with van der Waals surface area (Å²) in [5.74, 6) is 2.00. The molecule has 0 radical (unpaired) electrons. The molecular weight excluding hydrogens is 463 g/mol. The molecule has 9 nitrogen and oxygen atoms in total. The Bertz CT molecular complexity index is 1410. The molecule has 2 aromatic carbocycles. The van der Waals surface area contributed by atoms with Crippen molar-refractivity contribution in [3.8, 4) is 11.5 Å². The predicted octanol–water partition coefficient (Wildman–Crippen LogP) is 3.54. The molecule has 3 heterocycles. The van der Waals surface area contributed by atoms with Crippen LogP contribution in [0.3, 0.4) is 0 Å². The normalized spacial score (nSPS) is 15.8. The van der Waals surface area contributed by atoms with Gasteiger partial charge in [0.15, 0.2) is 17.3 Å². The van der Waals surface area contributed by atoms with E-state index in [0.717, 1.165) is 36.9 Å². The maximum atomic E-state index is 13.5. The van der Waals surface area contributed by atoms with Gasteiger partial charge in [0, 0.05) is 17.0 Å². The molecule has 0 bridgehead atoms. The Morgan fingerprint density at radius 1 is 1.08 bits per heavy atom. The van der Waals surface area contributed by atoms with E-state index in [1.165, 1.54) is 12.1 Å². The van der Waals surface area contributed by atoms with Crippen molar-refractivity contribution in [3.05, 3.63) is 75.6 Å². The van der Waals surface area contributed by atoms with Crippen LogP contribution in [0.5, 0.6) is 11.5 Å². The van der Waals surface area contributed by atoms with E-state index in [0.29, 0.717) is 40.9 Å². The molecule has 0 saturated carbocycles. The molecule has 0 unspecified atom stereocenters. The van der Waals surface area contributed by atoms with Crippen molar-refractivity contribution in [1.29, 1.82) is 0 Å². The van der Waals surface area contributed by atoms with Crippen LogP contribution in [0.1, 0.15) is 42.8 Å². The fourth-order valence-corrected chi connectivity index (χ4v) is 4.82. The molecule has 0 amide bonds. The zero-order chi connectivity index (χ0) is 25.2.